The van der Waals surface area contributed by atoms with Crippen LogP contribution >= 0.6 is 0 Å². The molecule has 1 fully saturated rings. The number of nitro groups is 1. The molecule has 2 unspecified atom stereocenters. The maximum atomic E-state index is 14.5. The highest BCUT2D eigenvalue weighted by Crippen LogP contribution is 2.39. The van der Waals surface area contributed by atoms with Gasteiger partial charge in [0.2, 0.25) is 0 Å². The van der Waals surface area contributed by atoms with Crippen LogP contribution in [0.1, 0.15) is 22.7 Å². The highest BCUT2D eigenvalue weighted by Gasteiger charge is 2.49. The minimum atomic E-state index is -1.46. The fraction of sp³-hybridized carbons (Fsp3) is 0.200. The Morgan fingerprint density at radius 2 is 1.74 bits per heavy atom. The number of rotatable bonds is 7. The lowest BCUT2D eigenvalue weighted by molar-refractivity contribution is -0.384. The largest absolute Gasteiger partial charge is 0.497 e. The molecular weight excluding hydrogens is 457 g/mol. The number of carboxylic acid groups (broad SMARTS) is 1. The molecule has 0 bridgehead atoms. The molecule has 0 saturated carbocycles. The molecule has 4 rings (SSSR count). The molecule has 2 atom stereocenters. The van der Waals surface area contributed by atoms with E-state index in [0.717, 1.165) is 5.56 Å². The van der Waals surface area contributed by atoms with E-state index >= 15 is 0 Å². The van der Waals surface area contributed by atoms with Gasteiger partial charge in [-0.05, 0) is 41.3 Å². The van der Waals surface area contributed by atoms with E-state index in [1.54, 1.807) is 36.4 Å². The molecule has 0 spiro atoms. The maximum Gasteiger partial charge on any atom is 0.415 e. The predicted octanol–water partition coefficient (Wildman–Crippen LogP) is 5.01. The molecule has 35 heavy (non-hydrogen) atoms. The molecule has 180 valence electrons. The number of hydrogen-bond donors (Lipinski definition) is 1. The van der Waals surface area contributed by atoms with Gasteiger partial charge in [0.25, 0.3) is 5.69 Å². The molecule has 9 nitrogen and oxygen atoms in total. The van der Waals surface area contributed by atoms with Gasteiger partial charge in [0.1, 0.15) is 11.6 Å². The topological polar surface area (TPSA) is 113 Å². The Kier molecular flexibility index (Phi) is 6.63. The Morgan fingerprint density at radius 3 is 2.31 bits per heavy atom. The van der Waals surface area contributed by atoms with Gasteiger partial charge < -0.3 is 14.7 Å². The molecule has 1 aliphatic rings. The number of urea groups is 1. The third-order valence-corrected chi connectivity index (χ3v) is 6.03. The second-order valence-corrected chi connectivity index (χ2v) is 8.07. The van der Waals surface area contributed by atoms with Crippen LogP contribution in [0.4, 0.5) is 19.7 Å². The third kappa shape index (κ3) is 4.77. The highest BCUT2D eigenvalue weighted by molar-refractivity contribution is 5.93. The summed E-state index contributed by atoms with van der Waals surface area (Å²) in [6.07, 6.45) is -1.52. The molecule has 1 N–H and O–H groups in total. The molecule has 1 heterocycles. The molecule has 0 radical (unpaired) electrons. The lowest BCUT2D eigenvalue weighted by Gasteiger charge is -2.28. The first-order valence-corrected chi connectivity index (χ1v) is 10.7. The molecule has 3 aromatic carbocycles. The van der Waals surface area contributed by atoms with Crippen LogP contribution in [0.3, 0.4) is 0 Å². The molecule has 1 aliphatic heterocycles. The molecule has 3 aromatic rings. The van der Waals surface area contributed by atoms with Crippen LogP contribution in [-0.2, 0) is 13.0 Å². The molecular formula is C25H22FN3O6. The average Bonchev–Trinajstić information content (AvgIpc) is 3.12. The van der Waals surface area contributed by atoms with Gasteiger partial charge >= 0.3 is 12.1 Å². The summed E-state index contributed by atoms with van der Waals surface area (Å²) < 4.78 is 19.7. The lowest BCUT2D eigenvalue weighted by Crippen LogP contribution is -2.40. The molecule has 10 heteroatoms. The Hall–Kier alpha value is -4.47. The predicted molar refractivity (Wildman–Crippen MR) is 124 cm³/mol. The minimum absolute atomic E-state index is 0.0640. The number of methoxy groups -OCH3 is 1. The minimum Gasteiger partial charge on any atom is -0.497 e. The molecule has 3 amide bonds. The van der Waals surface area contributed by atoms with Gasteiger partial charge in [-0.2, -0.15) is 0 Å². The average molecular weight is 479 g/mol. The fourth-order valence-corrected chi connectivity index (χ4v) is 4.35. The number of nitrogens with zero attached hydrogens (tertiary/aromatic N) is 3. The van der Waals surface area contributed by atoms with Gasteiger partial charge in [0.15, 0.2) is 0 Å². The summed E-state index contributed by atoms with van der Waals surface area (Å²) in [5, 5.41) is 21.0. The van der Waals surface area contributed by atoms with E-state index in [2.05, 4.69) is 0 Å². The fourth-order valence-electron chi connectivity index (χ4n) is 4.35. The van der Waals surface area contributed by atoms with Gasteiger partial charge in [-0.3, -0.25) is 10.1 Å². The van der Waals surface area contributed by atoms with Crippen LogP contribution in [-0.4, -0.2) is 45.1 Å². The SMILES string of the molecule is COc1ccc(CN2C(=O)N(C(=O)O)C(Cc3ccccc3F)C2c2ccc([N+](=O)[O-])cc2)cc1. The Morgan fingerprint density at radius 1 is 1.09 bits per heavy atom. The van der Waals surface area contributed by atoms with Crippen molar-refractivity contribution >= 4 is 17.8 Å². The number of amides is 3. The van der Waals surface area contributed by atoms with Gasteiger partial charge in [-0.15, -0.1) is 0 Å². The Bertz CT molecular complexity index is 1250. The monoisotopic (exact) mass is 479 g/mol. The van der Waals surface area contributed by atoms with Crippen LogP contribution in [0.15, 0.2) is 72.8 Å². The van der Waals surface area contributed by atoms with Crippen molar-refractivity contribution in [1.29, 1.82) is 0 Å². The summed E-state index contributed by atoms with van der Waals surface area (Å²) in [6, 6.07) is 16.0. The van der Waals surface area contributed by atoms with Gasteiger partial charge in [-0.1, -0.05) is 42.5 Å². The van der Waals surface area contributed by atoms with E-state index < -0.39 is 34.9 Å². The standard InChI is InChI=1S/C25H22FN3O6/c1-35-20-12-6-16(7-13-20)15-27-23(17-8-10-19(11-9-17)29(33)34)22(28(24(27)30)25(31)32)14-18-4-2-3-5-21(18)26/h2-13,22-23H,14-15H2,1H3,(H,31,32). The number of benzene rings is 3. The number of halogens is 1. The van der Waals surface area contributed by atoms with Crippen molar-refractivity contribution in [3.05, 3.63) is 105 Å². The number of carbonyl (C=O) groups excluding carboxylic acids is 1. The van der Waals surface area contributed by atoms with Crippen molar-refractivity contribution in [2.24, 2.45) is 0 Å². The summed E-state index contributed by atoms with van der Waals surface area (Å²) in [6.45, 7) is 0.0715. The van der Waals surface area contributed by atoms with E-state index in [9.17, 15) is 29.2 Å². The summed E-state index contributed by atoms with van der Waals surface area (Å²) >= 11 is 0. The quantitative estimate of drug-likeness (QED) is 0.376. The molecule has 0 aromatic heterocycles. The highest BCUT2D eigenvalue weighted by atomic mass is 19.1. The van der Waals surface area contributed by atoms with Crippen molar-refractivity contribution in [3.8, 4) is 5.75 Å². The van der Waals surface area contributed by atoms with Gasteiger partial charge in [-0.25, -0.2) is 18.9 Å². The summed E-state index contributed by atoms with van der Waals surface area (Å²) in [7, 11) is 1.53. The second-order valence-electron chi connectivity index (χ2n) is 8.07. The van der Waals surface area contributed by atoms with E-state index in [1.165, 1.54) is 48.4 Å². The first-order valence-electron chi connectivity index (χ1n) is 10.7. The Balaban J connectivity index is 1.78. The first-order chi connectivity index (χ1) is 16.8. The summed E-state index contributed by atoms with van der Waals surface area (Å²) in [5.74, 6) is 0.111. The zero-order valence-electron chi connectivity index (χ0n) is 18.7. The van der Waals surface area contributed by atoms with E-state index in [1.807, 2.05) is 0 Å². The van der Waals surface area contributed by atoms with Crippen molar-refractivity contribution in [2.75, 3.05) is 7.11 Å². The van der Waals surface area contributed by atoms with Crippen LogP contribution < -0.4 is 4.74 Å². The van der Waals surface area contributed by atoms with Crippen molar-refractivity contribution in [2.45, 2.75) is 25.0 Å². The number of imide groups is 1. The van der Waals surface area contributed by atoms with Gasteiger partial charge in [0.05, 0.1) is 24.1 Å². The number of non-ortho nitro benzene ring substituents is 1. The summed E-state index contributed by atoms with van der Waals surface area (Å²) in [5.41, 5.74) is 1.35. The first kappa shape index (κ1) is 23.7. The lowest BCUT2D eigenvalue weighted by atomic mass is 9.93. The number of hydrogen-bond acceptors (Lipinski definition) is 5. The molecule has 0 aliphatic carbocycles. The zero-order valence-corrected chi connectivity index (χ0v) is 18.7. The smallest absolute Gasteiger partial charge is 0.415 e. The van der Waals surface area contributed by atoms with Gasteiger partial charge in [0, 0.05) is 18.7 Å². The van der Waals surface area contributed by atoms with E-state index in [4.69, 9.17) is 4.74 Å². The zero-order chi connectivity index (χ0) is 25.1. The second kappa shape index (κ2) is 9.80. The Labute approximate surface area is 200 Å². The van der Waals surface area contributed by atoms with Crippen LogP contribution in [0.5, 0.6) is 5.75 Å². The molecule has 1 saturated heterocycles. The van der Waals surface area contributed by atoms with Crippen LogP contribution in [0.2, 0.25) is 0 Å². The van der Waals surface area contributed by atoms with Crippen molar-refractivity contribution in [1.82, 2.24) is 9.80 Å². The number of ether oxygens (including phenoxy) is 1. The van der Waals surface area contributed by atoms with Crippen LogP contribution in [0.25, 0.3) is 0 Å². The van der Waals surface area contributed by atoms with Crippen LogP contribution in [0, 0.1) is 15.9 Å². The number of carbonyl (C=O) groups is 2. The normalized spacial score (nSPS) is 17.5. The van der Waals surface area contributed by atoms with Crippen molar-refractivity contribution in [3.63, 3.8) is 0 Å². The van der Waals surface area contributed by atoms with Crippen molar-refractivity contribution < 1.29 is 28.7 Å². The number of nitro benzene ring substituents is 1. The summed E-state index contributed by atoms with van der Waals surface area (Å²) in [4.78, 5) is 38.2. The maximum absolute atomic E-state index is 14.5. The third-order valence-electron chi connectivity index (χ3n) is 6.03. The van der Waals surface area contributed by atoms with E-state index in [-0.39, 0.29) is 24.2 Å². The van der Waals surface area contributed by atoms with E-state index in [0.29, 0.717) is 16.2 Å².